The highest BCUT2D eigenvalue weighted by Crippen LogP contribution is 2.29. The van der Waals surface area contributed by atoms with E-state index in [1.807, 2.05) is 31.2 Å². The summed E-state index contributed by atoms with van der Waals surface area (Å²) in [4.78, 5) is 16.7. The zero-order valence-corrected chi connectivity index (χ0v) is 12.0. The van der Waals surface area contributed by atoms with Crippen LogP contribution < -0.4 is 5.56 Å². The van der Waals surface area contributed by atoms with Crippen molar-refractivity contribution in [3.8, 4) is 11.6 Å². The van der Waals surface area contributed by atoms with Gasteiger partial charge < -0.3 is 8.94 Å². The molecular weight excluding hydrogens is 284 g/mol. The van der Waals surface area contributed by atoms with Gasteiger partial charge in [-0.1, -0.05) is 17.3 Å². The van der Waals surface area contributed by atoms with Crippen LogP contribution >= 0.6 is 0 Å². The van der Waals surface area contributed by atoms with Gasteiger partial charge in [-0.05, 0) is 26.0 Å². The average Bonchev–Trinajstić information content (AvgIpc) is 3.12. The lowest BCUT2D eigenvalue weighted by Gasteiger charge is -2.03. The SMILES string of the molecule is CCn1nc(-c2nc3ccccc3o2)c2c(C)onc2c1=O. The quantitative estimate of drug-likeness (QED) is 0.565. The predicted molar refractivity (Wildman–Crippen MR) is 79.5 cm³/mol. The normalized spacial score (nSPS) is 11.5. The Kier molecular flexibility index (Phi) is 2.62. The molecule has 1 aromatic carbocycles. The van der Waals surface area contributed by atoms with Crippen LogP contribution in [-0.4, -0.2) is 19.9 Å². The molecule has 0 radical (unpaired) electrons. The first-order chi connectivity index (χ1) is 10.7. The number of aromatic nitrogens is 4. The largest absolute Gasteiger partial charge is 0.435 e. The number of fused-ring (bicyclic) bond motifs is 2. The van der Waals surface area contributed by atoms with E-state index < -0.39 is 0 Å². The summed E-state index contributed by atoms with van der Waals surface area (Å²) < 4.78 is 12.3. The summed E-state index contributed by atoms with van der Waals surface area (Å²) in [5.41, 5.74) is 1.82. The molecule has 0 saturated carbocycles. The van der Waals surface area contributed by atoms with Gasteiger partial charge in [0.2, 0.25) is 5.89 Å². The average molecular weight is 296 g/mol. The van der Waals surface area contributed by atoms with Crippen molar-refractivity contribution < 1.29 is 8.94 Å². The van der Waals surface area contributed by atoms with Crippen molar-refractivity contribution >= 4 is 22.0 Å². The Morgan fingerprint density at radius 2 is 2.09 bits per heavy atom. The van der Waals surface area contributed by atoms with E-state index in [-0.39, 0.29) is 11.1 Å². The van der Waals surface area contributed by atoms with Crippen LogP contribution in [0, 0.1) is 6.92 Å². The van der Waals surface area contributed by atoms with Gasteiger partial charge >= 0.3 is 0 Å². The smallest absolute Gasteiger partial charge is 0.296 e. The van der Waals surface area contributed by atoms with Gasteiger partial charge in [-0.25, -0.2) is 9.67 Å². The first-order valence-corrected chi connectivity index (χ1v) is 6.92. The van der Waals surface area contributed by atoms with Crippen molar-refractivity contribution in [1.29, 1.82) is 0 Å². The second kappa shape index (κ2) is 4.52. The minimum atomic E-state index is -0.283. The number of hydrogen-bond acceptors (Lipinski definition) is 6. The van der Waals surface area contributed by atoms with E-state index in [9.17, 15) is 4.79 Å². The number of rotatable bonds is 2. The Bertz CT molecular complexity index is 1020. The molecule has 0 aliphatic carbocycles. The lowest BCUT2D eigenvalue weighted by molar-refractivity contribution is 0.405. The molecule has 0 atom stereocenters. The molecular formula is C15H12N4O3. The maximum atomic E-state index is 12.3. The topological polar surface area (TPSA) is 86.9 Å². The Labute approximate surface area is 124 Å². The minimum absolute atomic E-state index is 0.242. The molecule has 0 N–H and O–H groups in total. The van der Waals surface area contributed by atoms with Crippen LogP contribution in [0.3, 0.4) is 0 Å². The molecule has 3 heterocycles. The fraction of sp³-hybridized carbons (Fsp3) is 0.200. The number of para-hydroxylation sites is 2. The molecule has 3 aromatic heterocycles. The fourth-order valence-electron chi connectivity index (χ4n) is 2.47. The van der Waals surface area contributed by atoms with E-state index >= 15 is 0 Å². The van der Waals surface area contributed by atoms with Crippen molar-refractivity contribution in [2.24, 2.45) is 0 Å². The molecule has 0 aliphatic rings. The molecule has 22 heavy (non-hydrogen) atoms. The Morgan fingerprint density at radius 3 is 2.86 bits per heavy atom. The molecule has 110 valence electrons. The lowest BCUT2D eigenvalue weighted by Crippen LogP contribution is -2.23. The number of aryl methyl sites for hydroxylation is 2. The standard InChI is InChI=1S/C15H12N4O3/c1-3-19-15(20)13-11(8(2)22-18-13)12(17-19)14-16-9-6-4-5-7-10(9)21-14/h4-7H,3H2,1-2H3. The number of hydrogen-bond donors (Lipinski definition) is 0. The highest BCUT2D eigenvalue weighted by Gasteiger charge is 2.21. The van der Waals surface area contributed by atoms with E-state index in [1.54, 1.807) is 6.92 Å². The third-order valence-electron chi connectivity index (χ3n) is 3.55. The van der Waals surface area contributed by atoms with Crippen LogP contribution in [0.25, 0.3) is 33.6 Å². The van der Waals surface area contributed by atoms with Gasteiger partial charge in [-0.15, -0.1) is 0 Å². The molecule has 7 heteroatoms. The zero-order chi connectivity index (χ0) is 15.3. The first kappa shape index (κ1) is 12.8. The van der Waals surface area contributed by atoms with E-state index in [2.05, 4.69) is 15.2 Å². The maximum absolute atomic E-state index is 12.3. The van der Waals surface area contributed by atoms with E-state index in [0.717, 1.165) is 5.52 Å². The molecule has 0 aliphatic heterocycles. The third kappa shape index (κ3) is 1.68. The third-order valence-corrected chi connectivity index (χ3v) is 3.55. The number of nitrogens with zero attached hydrogens (tertiary/aromatic N) is 4. The Hall–Kier alpha value is -2.96. The van der Waals surface area contributed by atoms with Crippen LogP contribution in [0.5, 0.6) is 0 Å². The van der Waals surface area contributed by atoms with Gasteiger partial charge in [0, 0.05) is 6.54 Å². The van der Waals surface area contributed by atoms with Gasteiger partial charge in [0.25, 0.3) is 5.56 Å². The molecule has 4 rings (SSSR count). The summed E-state index contributed by atoms with van der Waals surface area (Å²) in [5, 5.41) is 8.76. The van der Waals surface area contributed by atoms with Gasteiger partial charge in [0.05, 0.1) is 5.39 Å². The van der Waals surface area contributed by atoms with Gasteiger partial charge in [-0.3, -0.25) is 4.79 Å². The van der Waals surface area contributed by atoms with Gasteiger partial charge in [-0.2, -0.15) is 5.10 Å². The van der Waals surface area contributed by atoms with Crippen molar-refractivity contribution in [1.82, 2.24) is 19.9 Å². The summed E-state index contributed by atoms with van der Waals surface area (Å²) in [6.45, 7) is 4.00. The zero-order valence-electron chi connectivity index (χ0n) is 12.0. The van der Waals surface area contributed by atoms with Gasteiger partial charge in [0.15, 0.2) is 16.8 Å². The van der Waals surface area contributed by atoms with Crippen LogP contribution in [0.1, 0.15) is 12.7 Å². The molecule has 0 amide bonds. The molecule has 0 spiro atoms. The van der Waals surface area contributed by atoms with Crippen LogP contribution in [-0.2, 0) is 6.54 Å². The lowest BCUT2D eigenvalue weighted by atomic mass is 10.2. The van der Waals surface area contributed by atoms with Gasteiger partial charge in [0.1, 0.15) is 11.3 Å². The molecule has 0 bridgehead atoms. The Balaban J connectivity index is 2.11. The molecule has 0 saturated heterocycles. The summed E-state index contributed by atoms with van der Waals surface area (Å²) in [6.07, 6.45) is 0. The highest BCUT2D eigenvalue weighted by atomic mass is 16.5. The summed E-state index contributed by atoms with van der Waals surface area (Å²) >= 11 is 0. The van der Waals surface area contributed by atoms with Crippen molar-refractivity contribution in [3.63, 3.8) is 0 Å². The van der Waals surface area contributed by atoms with Crippen molar-refractivity contribution in [2.45, 2.75) is 20.4 Å². The minimum Gasteiger partial charge on any atom is -0.435 e. The summed E-state index contributed by atoms with van der Waals surface area (Å²) in [7, 11) is 0. The number of oxazole rings is 1. The second-order valence-electron chi connectivity index (χ2n) is 4.92. The molecule has 7 nitrogen and oxygen atoms in total. The monoisotopic (exact) mass is 296 g/mol. The Morgan fingerprint density at radius 1 is 1.27 bits per heavy atom. The predicted octanol–water partition coefficient (Wildman–Crippen LogP) is 2.52. The van der Waals surface area contributed by atoms with Crippen molar-refractivity contribution in [2.75, 3.05) is 0 Å². The second-order valence-corrected chi connectivity index (χ2v) is 4.92. The summed E-state index contributed by atoms with van der Waals surface area (Å²) in [5.74, 6) is 0.861. The number of benzene rings is 1. The first-order valence-electron chi connectivity index (χ1n) is 6.92. The molecule has 0 fully saturated rings. The fourth-order valence-corrected chi connectivity index (χ4v) is 2.47. The highest BCUT2D eigenvalue weighted by molar-refractivity contribution is 5.92. The maximum Gasteiger partial charge on any atom is 0.296 e. The van der Waals surface area contributed by atoms with Crippen LogP contribution in [0.4, 0.5) is 0 Å². The van der Waals surface area contributed by atoms with Crippen LogP contribution in [0.15, 0.2) is 38.0 Å². The molecule has 4 aromatic rings. The van der Waals surface area contributed by atoms with E-state index in [0.29, 0.717) is 34.9 Å². The summed E-state index contributed by atoms with van der Waals surface area (Å²) in [6, 6.07) is 7.45. The van der Waals surface area contributed by atoms with E-state index in [1.165, 1.54) is 4.68 Å². The van der Waals surface area contributed by atoms with E-state index in [4.69, 9.17) is 8.94 Å². The van der Waals surface area contributed by atoms with Crippen LogP contribution in [0.2, 0.25) is 0 Å². The van der Waals surface area contributed by atoms with Crippen molar-refractivity contribution in [3.05, 3.63) is 40.4 Å². The molecule has 0 unspecified atom stereocenters.